The summed E-state index contributed by atoms with van der Waals surface area (Å²) in [7, 11) is 0. The standard InChI is InChI=1S/C16H22O3/c1-3-11(2)12-4-6-13(7-5-12)16(19,10-15(17)18)14-8-9-14/h4-7,11,14,19H,3,8-10H2,1-2H3,(H,17,18). The van der Waals surface area contributed by atoms with Crippen LogP contribution in [0.4, 0.5) is 0 Å². The minimum atomic E-state index is -1.19. The molecular weight excluding hydrogens is 240 g/mol. The molecule has 19 heavy (non-hydrogen) atoms. The van der Waals surface area contributed by atoms with Crippen molar-refractivity contribution in [3.05, 3.63) is 35.4 Å². The van der Waals surface area contributed by atoms with Crippen molar-refractivity contribution in [1.82, 2.24) is 0 Å². The summed E-state index contributed by atoms with van der Waals surface area (Å²) in [5.41, 5.74) is 0.781. The fourth-order valence-electron chi connectivity index (χ4n) is 2.61. The summed E-state index contributed by atoms with van der Waals surface area (Å²) in [4.78, 5) is 11.0. The lowest BCUT2D eigenvalue weighted by Gasteiger charge is -2.27. The van der Waals surface area contributed by atoms with E-state index in [1.165, 1.54) is 5.56 Å². The normalized spacial score (nSPS) is 19.7. The lowest BCUT2D eigenvalue weighted by Crippen LogP contribution is -2.31. The van der Waals surface area contributed by atoms with Crippen LogP contribution in [0.2, 0.25) is 0 Å². The second-order valence-corrected chi connectivity index (χ2v) is 5.70. The van der Waals surface area contributed by atoms with Crippen LogP contribution in [0, 0.1) is 5.92 Å². The van der Waals surface area contributed by atoms with Gasteiger partial charge in [0.15, 0.2) is 0 Å². The predicted molar refractivity (Wildman–Crippen MR) is 74.0 cm³/mol. The van der Waals surface area contributed by atoms with Crippen LogP contribution in [0.15, 0.2) is 24.3 Å². The van der Waals surface area contributed by atoms with E-state index in [0.29, 0.717) is 5.92 Å². The van der Waals surface area contributed by atoms with E-state index in [-0.39, 0.29) is 12.3 Å². The molecule has 1 saturated carbocycles. The van der Waals surface area contributed by atoms with Gasteiger partial charge in [0.05, 0.1) is 6.42 Å². The van der Waals surface area contributed by atoms with Crippen LogP contribution in [0.1, 0.15) is 56.6 Å². The second kappa shape index (κ2) is 5.33. The minimum absolute atomic E-state index is 0.0954. The highest BCUT2D eigenvalue weighted by atomic mass is 16.4. The molecule has 3 heteroatoms. The van der Waals surface area contributed by atoms with E-state index in [2.05, 4.69) is 13.8 Å². The molecular formula is C16H22O3. The summed E-state index contributed by atoms with van der Waals surface area (Å²) in [5, 5.41) is 19.7. The molecule has 1 aliphatic rings. The van der Waals surface area contributed by atoms with Crippen LogP contribution in [-0.4, -0.2) is 16.2 Å². The van der Waals surface area contributed by atoms with E-state index in [4.69, 9.17) is 5.11 Å². The molecule has 104 valence electrons. The van der Waals surface area contributed by atoms with Crippen LogP contribution in [0.3, 0.4) is 0 Å². The van der Waals surface area contributed by atoms with Crippen LogP contribution >= 0.6 is 0 Å². The van der Waals surface area contributed by atoms with Gasteiger partial charge in [-0.2, -0.15) is 0 Å². The van der Waals surface area contributed by atoms with E-state index in [1.807, 2.05) is 24.3 Å². The van der Waals surface area contributed by atoms with Gasteiger partial charge in [0, 0.05) is 0 Å². The monoisotopic (exact) mass is 262 g/mol. The topological polar surface area (TPSA) is 57.5 Å². The maximum absolute atomic E-state index is 11.0. The maximum Gasteiger partial charge on any atom is 0.306 e. The Bertz CT molecular complexity index is 448. The van der Waals surface area contributed by atoms with Crippen molar-refractivity contribution >= 4 is 5.97 Å². The Balaban J connectivity index is 2.25. The summed E-state index contributed by atoms with van der Waals surface area (Å²) in [6.45, 7) is 4.31. The zero-order chi connectivity index (χ0) is 14.0. The molecule has 0 radical (unpaired) electrons. The Hall–Kier alpha value is -1.35. The van der Waals surface area contributed by atoms with Crippen molar-refractivity contribution in [1.29, 1.82) is 0 Å². The molecule has 0 amide bonds. The van der Waals surface area contributed by atoms with E-state index in [9.17, 15) is 9.90 Å². The molecule has 1 aliphatic carbocycles. The van der Waals surface area contributed by atoms with Crippen molar-refractivity contribution in [3.8, 4) is 0 Å². The third kappa shape index (κ3) is 2.98. The van der Waals surface area contributed by atoms with Crippen molar-refractivity contribution in [2.75, 3.05) is 0 Å². The Labute approximate surface area is 114 Å². The van der Waals surface area contributed by atoms with Crippen molar-refractivity contribution < 1.29 is 15.0 Å². The number of hydrogen-bond donors (Lipinski definition) is 2. The molecule has 2 atom stereocenters. The maximum atomic E-state index is 11.0. The minimum Gasteiger partial charge on any atom is -0.481 e. The lowest BCUT2D eigenvalue weighted by molar-refractivity contribution is -0.144. The van der Waals surface area contributed by atoms with Gasteiger partial charge in [0.1, 0.15) is 5.60 Å². The largest absolute Gasteiger partial charge is 0.481 e. The summed E-state index contributed by atoms with van der Waals surface area (Å²) in [6, 6.07) is 7.81. The molecule has 2 unspecified atom stereocenters. The number of carboxylic acid groups (broad SMARTS) is 1. The average molecular weight is 262 g/mol. The predicted octanol–water partition coefficient (Wildman–Crippen LogP) is 3.27. The summed E-state index contributed by atoms with van der Waals surface area (Å²) < 4.78 is 0. The number of rotatable bonds is 6. The molecule has 0 saturated heterocycles. The SMILES string of the molecule is CCC(C)c1ccc(C(O)(CC(=O)O)C2CC2)cc1. The summed E-state index contributed by atoms with van der Waals surface area (Å²) in [5.74, 6) is -0.360. The van der Waals surface area contributed by atoms with E-state index in [0.717, 1.165) is 24.8 Å². The fraction of sp³-hybridized carbons (Fsp3) is 0.562. The number of benzene rings is 1. The molecule has 1 aromatic rings. The quantitative estimate of drug-likeness (QED) is 0.827. The Morgan fingerprint density at radius 3 is 2.37 bits per heavy atom. The molecule has 1 fully saturated rings. The second-order valence-electron chi connectivity index (χ2n) is 5.70. The Morgan fingerprint density at radius 1 is 1.37 bits per heavy atom. The van der Waals surface area contributed by atoms with Crippen LogP contribution in [0.25, 0.3) is 0 Å². The number of aliphatic hydroxyl groups is 1. The zero-order valence-corrected chi connectivity index (χ0v) is 11.6. The highest BCUT2D eigenvalue weighted by Crippen LogP contribution is 2.47. The Morgan fingerprint density at radius 2 is 1.95 bits per heavy atom. The van der Waals surface area contributed by atoms with Gasteiger partial charge >= 0.3 is 5.97 Å². The van der Waals surface area contributed by atoms with Gasteiger partial charge < -0.3 is 10.2 Å². The molecule has 2 N–H and O–H groups in total. The highest BCUT2D eigenvalue weighted by Gasteiger charge is 2.46. The molecule has 0 bridgehead atoms. The number of carbonyl (C=O) groups is 1. The van der Waals surface area contributed by atoms with Crippen molar-refractivity contribution in [3.63, 3.8) is 0 Å². The Kier molecular flexibility index (Phi) is 3.95. The molecule has 0 spiro atoms. The fourth-order valence-corrected chi connectivity index (χ4v) is 2.61. The van der Waals surface area contributed by atoms with Crippen molar-refractivity contribution in [2.45, 2.75) is 51.0 Å². The molecule has 3 nitrogen and oxygen atoms in total. The summed E-state index contributed by atoms with van der Waals surface area (Å²) in [6.07, 6.45) is 2.69. The summed E-state index contributed by atoms with van der Waals surface area (Å²) >= 11 is 0. The van der Waals surface area contributed by atoms with Gasteiger partial charge in [-0.15, -0.1) is 0 Å². The smallest absolute Gasteiger partial charge is 0.306 e. The van der Waals surface area contributed by atoms with Gasteiger partial charge in [-0.25, -0.2) is 0 Å². The van der Waals surface area contributed by atoms with Gasteiger partial charge in [-0.05, 0) is 42.2 Å². The first-order valence-electron chi connectivity index (χ1n) is 7.02. The van der Waals surface area contributed by atoms with Crippen LogP contribution < -0.4 is 0 Å². The van der Waals surface area contributed by atoms with Crippen LogP contribution in [0.5, 0.6) is 0 Å². The number of hydrogen-bond acceptors (Lipinski definition) is 2. The van der Waals surface area contributed by atoms with Gasteiger partial charge in [-0.1, -0.05) is 38.1 Å². The third-order valence-corrected chi connectivity index (χ3v) is 4.27. The average Bonchev–Trinajstić information content (AvgIpc) is 3.21. The van der Waals surface area contributed by atoms with E-state index < -0.39 is 11.6 Å². The molecule has 1 aromatic carbocycles. The first-order chi connectivity index (χ1) is 8.97. The number of aliphatic carboxylic acids is 1. The molecule has 0 heterocycles. The van der Waals surface area contributed by atoms with Gasteiger partial charge in [-0.3, -0.25) is 4.79 Å². The highest BCUT2D eigenvalue weighted by molar-refractivity contribution is 5.68. The van der Waals surface area contributed by atoms with E-state index in [1.54, 1.807) is 0 Å². The first kappa shape index (κ1) is 14.1. The van der Waals surface area contributed by atoms with Gasteiger partial charge in [0.25, 0.3) is 0 Å². The lowest BCUT2D eigenvalue weighted by atomic mass is 9.84. The zero-order valence-electron chi connectivity index (χ0n) is 11.6. The van der Waals surface area contributed by atoms with Crippen molar-refractivity contribution in [2.24, 2.45) is 5.92 Å². The molecule has 2 rings (SSSR count). The first-order valence-corrected chi connectivity index (χ1v) is 7.02. The van der Waals surface area contributed by atoms with E-state index >= 15 is 0 Å². The number of carboxylic acids is 1. The van der Waals surface area contributed by atoms with Crippen LogP contribution in [-0.2, 0) is 10.4 Å². The van der Waals surface area contributed by atoms with Gasteiger partial charge in [0.2, 0.25) is 0 Å². The molecule has 0 aliphatic heterocycles. The molecule has 0 aromatic heterocycles. The third-order valence-electron chi connectivity index (χ3n) is 4.27.